The largest absolute Gasteiger partial charge is 0.294 e. The van der Waals surface area contributed by atoms with Crippen LogP contribution in [0, 0.1) is 0 Å². The van der Waals surface area contributed by atoms with Crippen LogP contribution in [0.1, 0.15) is 20.8 Å². The van der Waals surface area contributed by atoms with Crippen molar-refractivity contribution in [2.45, 2.75) is 26.8 Å². The lowest BCUT2D eigenvalue weighted by molar-refractivity contribution is 0.275. The van der Waals surface area contributed by atoms with E-state index in [0.29, 0.717) is 0 Å². The van der Waals surface area contributed by atoms with Crippen molar-refractivity contribution in [2.24, 2.45) is 0 Å². The molecule has 53 valence electrons. The standard InChI is InChI=1S/C7H14NO/c1-4-8(5-2)7(3)6-9/h7H,4-5H2,1-3H3/t7-/m0/s1. The Labute approximate surface area is 56.9 Å². The normalized spacial score (nSPS) is 13.8. The molecule has 0 saturated heterocycles. The zero-order valence-corrected chi connectivity index (χ0v) is 6.35. The van der Waals surface area contributed by atoms with Gasteiger partial charge in [-0.25, -0.2) is 0 Å². The van der Waals surface area contributed by atoms with E-state index in [9.17, 15) is 4.79 Å². The van der Waals surface area contributed by atoms with Crippen molar-refractivity contribution in [3.05, 3.63) is 0 Å². The van der Waals surface area contributed by atoms with Crippen LogP contribution in [0.2, 0.25) is 0 Å². The van der Waals surface area contributed by atoms with E-state index in [0.717, 1.165) is 13.1 Å². The molecule has 0 amide bonds. The van der Waals surface area contributed by atoms with Crippen molar-refractivity contribution in [3.63, 3.8) is 0 Å². The van der Waals surface area contributed by atoms with Gasteiger partial charge in [-0.2, -0.15) is 0 Å². The number of nitrogens with zero attached hydrogens (tertiary/aromatic N) is 1. The summed E-state index contributed by atoms with van der Waals surface area (Å²) in [6.45, 7) is 7.79. The minimum absolute atomic E-state index is 0.0417. The average Bonchev–Trinajstić information content (AvgIpc) is 1.90. The Bertz CT molecular complexity index is 79.0. The van der Waals surface area contributed by atoms with Crippen LogP contribution >= 0.6 is 0 Å². The van der Waals surface area contributed by atoms with E-state index in [4.69, 9.17) is 0 Å². The highest BCUT2D eigenvalue weighted by Gasteiger charge is 2.07. The summed E-state index contributed by atoms with van der Waals surface area (Å²) in [5.74, 6) is 0. The molecule has 0 aliphatic heterocycles. The maximum Gasteiger partial charge on any atom is 0.216 e. The monoisotopic (exact) mass is 128 g/mol. The maximum absolute atomic E-state index is 10.1. The van der Waals surface area contributed by atoms with E-state index < -0.39 is 0 Å². The molecule has 0 heterocycles. The van der Waals surface area contributed by atoms with Crippen LogP contribution in [0.25, 0.3) is 0 Å². The topological polar surface area (TPSA) is 20.3 Å². The van der Waals surface area contributed by atoms with Gasteiger partial charge in [-0.3, -0.25) is 9.69 Å². The molecule has 0 bridgehead atoms. The number of rotatable bonds is 4. The summed E-state index contributed by atoms with van der Waals surface area (Å²) in [5.41, 5.74) is 0. The highest BCUT2D eigenvalue weighted by Crippen LogP contribution is 1.92. The average molecular weight is 128 g/mol. The van der Waals surface area contributed by atoms with Crippen molar-refractivity contribution in [1.82, 2.24) is 4.90 Å². The van der Waals surface area contributed by atoms with Crippen LogP contribution < -0.4 is 0 Å². The predicted molar refractivity (Wildman–Crippen MR) is 38.1 cm³/mol. The third-order valence-electron chi connectivity index (χ3n) is 1.53. The molecule has 0 rings (SSSR count). The van der Waals surface area contributed by atoms with Gasteiger partial charge in [0.1, 0.15) is 0 Å². The molecule has 2 nitrogen and oxygen atoms in total. The highest BCUT2D eigenvalue weighted by molar-refractivity contribution is 5.57. The summed E-state index contributed by atoms with van der Waals surface area (Å²) < 4.78 is 0. The first kappa shape index (κ1) is 8.63. The van der Waals surface area contributed by atoms with E-state index in [1.54, 1.807) is 0 Å². The molecule has 0 spiro atoms. The van der Waals surface area contributed by atoms with Gasteiger partial charge in [0.25, 0.3) is 0 Å². The molecule has 9 heavy (non-hydrogen) atoms. The van der Waals surface area contributed by atoms with Gasteiger partial charge in [-0.15, -0.1) is 0 Å². The number of likely N-dealkylation sites (N-methyl/N-ethyl adjacent to an activating group) is 1. The van der Waals surface area contributed by atoms with E-state index in [2.05, 4.69) is 0 Å². The first-order chi connectivity index (χ1) is 4.26. The van der Waals surface area contributed by atoms with E-state index in [-0.39, 0.29) is 6.04 Å². The fourth-order valence-electron chi connectivity index (χ4n) is 0.846. The van der Waals surface area contributed by atoms with Gasteiger partial charge < -0.3 is 0 Å². The quantitative estimate of drug-likeness (QED) is 0.559. The molecule has 0 aliphatic rings. The van der Waals surface area contributed by atoms with E-state index in [1.165, 1.54) is 0 Å². The summed E-state index contributed by atoms with van der Waals surface area (Å²) in [4.78, 5) is 12.1. The second kappa shape index (κ2) is 4.50. The van der Waals surface area contributed by atoms with Crippen molar-refractivity contribution < 1.29 is 4.79 Å². The number of hydrogen-bond acceptors (Lipinski definition) is 2. The van der Waals surface area contributed by atoms with Crippen LogP contribution in [0.5, 0.6) is 0 Å². The van der Waals surface area contributed by atoms with Crippen LogP contribution in [0.3, 0.4) is 0 Å². The number of hydrogen-bond donors (Lipinski definition) is 0. The lowest BCUT2D eigenvalue weighted by atomic mass is 10.3. The molecule has 0 saturated carbocycles. The van der Waals surface area contributed by atoms with Gasteiger partial charge in [-0.1, -0.05) is 13.8 Å². The van der Waals surface area contributed by atoms with Crippen molar-refractivity contribution in [2.75, 3.05) is 13.1 Å². The SMILES string of the molecule is CCN(CC)[C@@H](C)[C]=O. The summed E-state index contributed by atoms with van der Waals surface area (Å²) in [6.07, 6.45) is 1.94. The predicted octanol–water partition coefficient (Wildman–Crippen LogP) is 0.826. The summed E-state index contributed by atoms with van der Waals surface area (Å²) >= 11 is 0. The van der Waals surface area contributed by atoms with Crippen molar-refractivity contribution >= 4 is 6.29 Å². The van der Waals surface area contributed by atoms with Crippen LogP contribution in [-0.4, -0.2) is 30.3 Å². The Hall–Kier alpha value is -0.370. The molecule has 0 fully saturated rings. The second-order valence-corrected chi connectivity index (χ2v) is 2.02. The molecule has 0 N–H and O–H groups in total. The Morgan fingerprint density at radius 3 is 2.00 bits per heavy atom. The molecule has 0 unspecified atom stereocenters. The Morgan fingerprint density at radius 2 is 1.89 bits per heavy atom. The van der Waals surface area contributed by atoms with Crippen molar-refractivity contribution in [1.29, 1.82) is 0 Å². The van der Waals surface area contributed by atoms with E-state index >= 15 is 0 Å². The fraction of sp³-hybridized carbons (Fsp3) is 0.857. The van der Waals surface area contributed by atoms with Gasteiger partial charge in [0, 0.05) is 0 Å². The fourth-order valence-corrected chi connectivity index (χ4v) is 0.846. The molecule has 1 radical (unpaired) electrons. The molecule has 0 aliphatic carbocycles. The molecular formula is C7H14NO. The van der Waals surface area contributed by atoms with Crippen LogP contribution in [0.15, 0.2) is 0 Å². The van der Waals surface area contributed by atoms with Crippen LogP contribution in [-0.2, 0) is 4.79 Å². The van der Waals surface area contributed by atoms with Gasteiger partial charge >= 0.3 is 0 Å². The molecule has 1 atom stereocenters. The first-order valence-electron chi connectivity index (χ1n) is 3.38. The molecular weight excluding hydrogens is 114 g/mol. The number of carbonyl (C=O) groups excluding carboxylic acids is 1. The van der Waals surface area contributed by atoms with Gasteiger partial charge in [-0.05, 0) is 20.0 Å². The smallest absolute Gasteiger partial charge is 0.216 e. The van der Waals surface area contributed by atoms with Gasteiger partial charge in [0.05, 0.1) is 6.04 Å². The third kappa shape index (κ3) is 2.61. The highest BCUT2D eigenvalue weighted by atomic mass is 16.1. The van der Waals surface area contributed by atoms with Gasteiger partial charge in [0.2, 0.25) is 6.29 Å². The molecule has 0 aromatic rings. The van der Waals surface area contributed by atoms with Crippen molar-refractivity contribution in [3.8, 4) is 0 Å². The van der Waals surface area contributed by atoms with Crippen LogP contribution in [0.4, 0.5) is 0 Å². The Kier molecular flexibility index (Phi) is 4.32. The maximum atomic E-state index is 10.1. The minimum atomic E-state index is -0.0417. The summed E-state index contributed by atoms with van der Waals surface area (Å²) in [7, 11) is 0. The Morgan fingerprint density at radius 1 is 1.44 bits per heavy atom. The molecule has 2 heteroatoms. The van der Waals surface area contributed by atoms with E-state index in [1.807, 2.05) is 32.0 Å². The summed E-state index contributed by atoms with van der Waals surface area (Å²) in [5, 5.41) is 0. The van der Waals surface area contributed by atoms with Gasteiger partial charge in [0.15, 0.2) is 0 Å². The third-order valence-corrected chi connectivity index (χ3v) is 1.53. The Balaban J connectivity index is 3.63. The first-order valence-corrected chi connectivity index (χ1v) is 3.38. The lowest BCUT2D eigenvalue weighted by Gasteiger charge is -2.20. The summed E-state index contributed by atoms with van der Waals surface area (Å²) in [6, 6.07) is -0.0417. The lowest BCUT2D eigenvalue weighted by Crippen LogP contribution is -2.33. The molecule has 0 aromatic carbocycles. The second-order valence-electron chi connectivity index (χ2n) is 2.02. The zero-order chi connectivity index (χ0) is 7.28. The molecule has 0 aromatic heterocycles. The minimum Gasteiger partial charge on any atom is -0.294 e. The zero-order valence-electron chi connectivity index (χ0n) is 6.35.